The van der Waals surface area contributed by atoms with Crippen molar-refractivity contribution in [2.75, 3.05) is 6.54 Å². The highest BCUT2D eigenvalue weighted by Crippen LogP contribution is 2.33. The molecule has 110 valence electrons. The fraction of sp³-hybridized carbons (Fsp3) is 1.00. The van der Waals surface area contributed by atoms with Gasteiger partial charge in [-0.25, -0.2) is 0 Å². The van der Waals surface area contributed by atoms with Gasteiger partial charge in [-0.2, -0.15) is 0 Å². The Kier molecular flexibility index (Phi) is 4.81. The maximum absolute atomic E-state index is 4.05. The lowest BCUT2D eigenvalue weighted by Gasteiger charge is -2.39. The van der Waals surface area contributed by atoms with E-state index in [1.54, 1.807) is 0 Å². The van der Waals surface area contributed by atoms with E-state index in [4.69, 9.17) is 0 Å². The minimum absolute atomic E-state index is 0.745. The normalized spacial score (nSPS) is 38.7. The van der Waals surface area contributed by atoms with Crippen LogP contribution in [0.2, 0.25) is 0 Å². The number of hydrogen-bond donors (Lipinski definition) is 2. The molecule has 0 aromatic heterocycles. The first-order chi connectivity index (χ1) is 9.34. The van der Waals surface area contributed by atoms with E-state index >= 15 is 0 Å². The smallest absolute Gasteiger partial charge is 0.0113 e. The van der Waals surface area contributed by atoms with Crippen molar-refractivity contribution < 1.29 is 0 Å². The Morgan fingerprint density at radius 2 is 1.63 bits per heavy atom. The van der Waals surface area contributed by atoms with Gasteiger partial charge >= 0.3 is 0 Å². The molecular formula is C17H32N2. The van der Waals surface area contributed by atoms with E-state index in [0.29, 0.717) is 0 Å². The van der Waals surface area contributed by atoms with Gasteiger partial charge in [-0.15, -0.1) is 0 Å². The first-order valence-corrected chi connectivity index (χ1v) is 8.84. The lowest BCUT2D eigenvalue weighted by molar-refractivity contribution is 0.188. The molecule has 2 saturated carbocycles. The van der Waals surface area contributed by atoms with Crippen molar-refractivity contribution in [1.82, 2.24) is 10.6 Å². The Balaban J connectivity index is 1.56. The van der Waals surface area contributed by atoms with Crippen molar-refractivity contribution in [2.45, 2.75) is 89.3 Å². The molecule has 0 aromatic carbocycles. The molecule has 2 heteroatoms. The van der Waals surface area contributed by atoms with Gasteiger partial charge in [0.1, 0.15) is 0 Å². The van der Waals surface area contributed by atoms with Crippen LogP contribution in [0.1, 0.15) is 71.1 Å². The van der Waals surface area contributed by atoms with E-state index in [0.717, 1.165) is 30.0 Å². The summed E-state index contributed by atoms with van der Waals surface area (Å²) in [5.41, 5.74) is 0. The average Bonchev–Trinajstić information content (AvgIpc) is 3.13. The van der Waals surface area contributed by atoms with Crippen molar-refractivity contribution in [3.8, 4) is 0 Å². The number of nitrogens with one attached hydrogen (secondary N) is 2. The summed E-state index contributed by atoms with van der Waals surface area (Å²) in [4.78, 5) is 0. The molecule has 0 radical (unpaired) electrons. The lowest BCUT2D eigenvalue weighted by atomic mass is 9.78. The number of rotatable bonds is 4. The molecule has 0 spiro atoms. The van der Waals surface area contributed by atoms with E-state index in [-0.39, 0.29) is 0 Å². The molecule has 1 saturated heterocycles. The summed E-state index contributed by atoms with van der Waals surface area (Å²) in [6.45, 7) is 3.70. The van der Waals surface area contributed by atoms with E-state index in [1.807, 2.05) is 0 Å². The molecule has 0 aromatic rings. The Labute approximate surface area is 119 Å². The van der Waals surface area contributed by atoms with Crippen LogP contribution in [0, 0.1) is 11.8 Å². The summed E-state index contributed by atoms with van der Waals surface area (Å²) < 4.78 is 0. The molecule has 0 bridgehead atoms. The van der Waals surface area contributed by atoms with Crippen LogP contribution >= 0.6 is 0 Å². The standard InChI is InChI=1S/C17H32N2/c1-13(14-7-2-3-8-14)19-17-10-5-4-9-15(17)16-11-6-12-18-16/h13-19H,2-12H2,1H3. The van der Waals surface area contributed by atoms with Gasteiger partial charge in [-0.05, 0) is 63.8 Å². The van der Waals surface area contributed by atoms with E-state index in [9.17, 15) is 0 Å². The third kappa shape index (κ3) is 3.33. The molecule has 2 aliphatic carbocycles. The number of hydrogen-bond acceptors (Lipinski definition) is 2. The van der Waals surface area contributed by atoms with Gasteiger partial charge in [0.15, 0.2) is 0 Å². The fourth-order valence-corrected chi connectivity index (χ4v) is 4.86. The Bertz CT molecular complexity index is 266. The van der Waals surface area contributed by atoms with Gasteiger partial charge in [-0.3, -0.25) is 0 Å². The Hall–Kier alpha value is -0.0800. The van der Waals surface area contributed by atoms with Crippen molar-refractivity contribution in [2.24, 2.45) is 11.8 Å². The zero-order chi connectivity index (χ0) is 13.1. The predicted molar refractivity (Wildman–Crippen MR) is 81.3 cm³/mol. The second-order valence-electron chi connectivity index (χ2n) is 7.26. The van der Waals surface area contributed by atoms with E-state index < -0.39 is 0 Å². The Morgan fingerprint density at radius 3 is 2.37 bits per heavy atom. The Morgan fingerprint density at radius 1 is 0.895 bits per heavy atom. The molecule has 3 rings (SSSR count). The zero-order valence-electron chi connectivity index (χ0n) is 12.7. The maximum Gasteiger partial charge on any atom is 0.0113 e. The molecular weight excluding hydrogens is 232 g/mol. The van der Waals surface area contributed by atoms with Gasteiger partial charge in [0.2, 0.25) is 0 Å². The molecule has 1 heterocycles. The van der Waals surface area contributed by atoms with Crippen molar-refractivity contribution in [3.05, 3.63) is 0 Å². The molecule has 3 fully saturated rings. The third-order valence-electron chi connectivity index (χ3n) is 6.02. The lowest BCUT2D eigenvalue weighted by Crippen LogP contribution is -2.50. The quantitative estimate of drug-likeness (QED) is 0.812. The van der Waals surface area contributed by atoms with Crippen LogP contribution in [0.3, 0.4) is 0 Å². The van der Waals surface area contributed by atoms with Crippen molar-refractivity contribution in [3.63, 3.8) is 0 Å². The SMILES string of the molecule is CC(NC1CCCCC1C1CCCN1)C1CCCC1. The topological polar surface area (TPSA) is 24.1 Å². The summed E-state index contributed by atoms with van der Waals surface area (Å²) >= 11 is 0. The highest BCUT2D eigenvalue weighted by Gasteiger charge is 2.34. The van der Waals surface area contributed by atoms with Crippen LogP contribution < -0.4 is 10.6 Å². The average molecular weight is 264 g/mol. The second-order valence-corrected chi connectivity index (χ2v) is 7.26. The minimum atomic E-state index is 0.745. The predicted octanol–water partition coefficient (Wildman–Crippen LogP) is 3.47. The third-order valence-corrected chi connectivity index (χ3v) is 6.02. The molecule has 2 nitrogen and oxygen atoms in total. The molecule has 3 aliphatic rings. The molecule has 2 N–H and O–H groups in total. The summed E-state index contributed by atoms with van der Waals surface area (Å²) in [6.07, 6.45) is 14.4. The second kappa shape index (κ2) is 6.58. The van der Waals surface area contributed by atoms with Crippen LogP contribution in [0.4, 0.5) is 0 Å². The van der Waals surface area contributed by atoms with E-state index in [1.165, 1.54) is 70.8 Å². The van der Waals surface area contributed by atoms with Crippen molar-refractivity contribution in [1.29, 1.82) is 0 Å². The summed E-state index contributed by atoms with van der Waals surface area (Å²) in [5.74, 6) is 1.86. The maximum atomic E-state index is 4.05. The van der Waals surface area contributed by atoms with Gasteiger partial charge in [0.25, 0.3) is 0 Å². The van der Waals surface area contributed by atoms with Gasteiger partial charge < -0.3 is 10.6 Å². The molecule has 0 amide bonds. The molecule has 1 aliphatic heterocycles. The molecule has 4 atom stereocenters. The first-order valence-electron chi connectivity index (χ1n) is 8.84. The highest BCUT2D eigenvalue weighted by molar-refractivity contribution is 4.93. The van der Waals surface area contributed by atoms with E-state index in [2.05, 4.69) is 17.6 Å². The summed E-state index contributed by atoms with van der Waals surface area (Å²) in [5, 5.41) is 7.81. The fourth-order valence-electron chi connectivity index (χ4n) is 4.86. The molecule has 19 heavy (non-hydrogen) atoms. The largest absolute Gasteiger partial charge is 0.314 e. The summed E-state index contributed by atoms with van der Waals surface area (Å²) in [7, 11) is 0. The van der Waals surface area contributed by atoms with Crippen LogP contribution in [0.15, 0.2) is 0 Å². The highest BCUT2D eigenvalue weighted by atomic mass is 15.0. The van der Waals surface area contributed by atoms with Crippen LogP contribution in [-0.4, -0.2) is 24.7 Å². The van der Waals surface area contributed by atoms with Gasteiger partial charge in [0.05, 0.1) is 0 Å². The zero-order valence-corrected chi connectivity index (χ0v) is 12.7. The van der Waals surface area contributed by atoms with Gasteiger partial charge in [0, 0.05) is 18.1 Å². The molecule has 4 unspecified atom stereocenters. The van der Waals surface area contributed by atoms with Crippen LogP contribution in [-0.2, 0) is 0 Å². The minimum Gasteiger partial charge on any atom is -0.314 e. The van der Waals surface area contributed by atoms with Crippen LogP contribution in [0.25, 0.3) is 0 Å². The van der Waals surface area contributed by atoms with Crippen LogP contribution in [0.5, 0.6) is 0 Å². The van der Waals surface area contributed by atoms with Gasteiger partial charge in [-0.1, -0.05) is 25.7 Å². The summed E-state index contributed by atoms with van der Waals surface area (Å²) in [6, 6.07) is 2.35. The first kappa shape index (κ1) is 13.9. The van der Waals surface area contributed by atoms with Crippen molar-refractivity contribution >= 4 is 0 Å². The monoisotopic (exact) mass is 264 g/mol.